The smallest absolute Gasteiger partial charge is 0.125 e. The van der Waals surface area contributed by atoms with Gasteiger partial charge < -0.3 is 14.6 Å². The lowest BCUT2D eigenvalue weighted by Crippen LogP contribution is -2.04. The topological polar surface area (TPSA) is 38.7 Å². The van der Waals surface area contributed by atoms with E-state index in [-0.39, 0.29) is 6.61 Å². The maximum Gasteiger partial charge on any atom is 0.125 e. The molecule has 1 rings (SSSR count). The van der Waals surface area contributed by atoms with Crippen molar-refractivity contribution >= 4 is 0 Å². The number of ether oxygens (including phenoxy) is 2. The van der Waals surface area contributed by atoms with Crippen LogP contribution in [0.1, 0.15) is 60.8 Å². The van der Waals surface area contributed by atoms with Gasteiger partial charge in [-0.3, -0.25) is 0 Å². The first-order chi connectivity index (χ1) is 12.6. The Balaban J connectivity index is 2.52. The van der Waals surface area contributed by atoms with Crippen LogP contribution in [0.25, 0.3) is 0 Å². The second-order valence-corrected chi connectivity index (χ2v) is 6.35. The monoisotopic (exact) mass is 356 g/mol. The molecule has 1 aromatic carbocycles. The van der Waals surface area contributed by atoms with Crippen LogP contribution in [-0.2, 0) is 6.42 Å². The number of hydrogen-bond acceptors (Lipinski definition) is 3. The molecule has 0 spiro atoms. The number of rotatable bonds is 8. The zero-order valence-corrected chi connectivity index (χ0v) is 16.9. The Hall–Kier alpha value is -2.10. The van der Waals surface area contributed by atoms with Crippen molar-refractivity contribution in [2.75, 3.05) is 20.8 Å². The molecule has 1 N–H and O–H groups in total. The molecule has 0 aliphatic heterocycles. The van der Waals surface area contributed by atoms with Crippen LogP contribution in [0.5, 0.6) is 11.5 Å². The van der Waals surface area contributed by atoms with Crippen molar-refractivity contribution in [2.24, 2.45) is 0 Å². The summed E-state index contributed by atoms with van der Waals surface area (Å²) in [5.74, 6) is 14.0. The normalized spacial score (nSPS) is 9.77. The predicted octanol–water partition coefficient (Wildman–Crippen LogP) is 4.51. The first kappa shape index (κ1) is 21.9. The zero-order chi connectivity index (χ0) is 19.4. The van der Waals surface area contributed by atoms with Crippen molar-refractivity contribution in [1.82, 2.24) is 0 Å². The van der Waals surface area contributed by atoms with Gasteiger partial charge in [0.15, 0.2) is 0 Å². The van der Waals surface area contributed by atoms with Crippen molar-refractivity contribution in [3.8, 4) is 35.2 Å². The summed E-state index contributed by atoms with van der Waals surface area (Å²) in [6.07, 6.45) is 6.72. The Morgan fingerprint density at radius 2 is 1.23 bits per heavy atom. The minimum atomic E-state index is -0.0533. The molecule has 0 amide bonds. The van der Waals surface area contributed by atoms with Crippen molar-refractivity contribution in [1.29, 1.82) is 0 Å². The molecule has 0 heterocycles. The van der Waals surface area contributed by atoms with Gasteiger partial charge in [-0.2, -0.15) is 0 Å². The molecule has 0 fully saturated rings. The number of aliphatic hydroxyl groups excluding tert-OH is 1. The molecular formula is C23H32O3. The molecule has 0 saturated heterocycles. The Bertz CT molecular complexity index is 696. The molecule has 26 heavy (non-hydrogen) atoms. The van der Waals surface area contributed by atoms with Crippen LogP contribution < -0.4 is 9.47 Å². The highest BCUT2D eigenvalue weighted by Gasteiger charge is 2.18. The van der Waals surface area contributed by atoms with E-state index in [4.69, 9.17) is 14.6 Å². The molecular weight excluding hydrogens is 324 g/mol. The van der Waals surface area contributed by atoms with Crippen molar-refractivity contribution in [3.05, 3.63) is 22.3 Å². The lowest BCUT2D eigenvalue weighted by atomic mass is 9.94. The van der Waals surface area contributed by atoms with Gasteiger partial charge >= 0.3 is 0 Å². The molecule has 0 atom stereocenters. The van der Waals surface area contributed by atoms with E-state index in [1.807, 2.05) is 0 Å². The summed E-state index contributed by atoms with van der Waals surface area (Å²) in [6.45, 7) is 6.24. The minimum absolute atomic E-state index is 0.0533. The van der Waals surface area contributed by atoms with Crippen LogP contribution in [0.15, 0.2) is 0 Å². The highest BCUT2D eigenvalue weighted by atomic mass is 16.5. The van der Waals surface area contributed by atoms with E-state index in [1.54, 1.807) is 14.2 Å². The van der Waals surface area contributed by atoms with E-state index < -0.39 is 0 Å². The second kappa shape index (κ2) is 12.3. The van der Waals surface area contributed by atoms with Crippen LogP contribution in [0.4, 0.5) is 0 Å². The maximum atomic E-state index is 8.56. The third-order valence-corrected chi connectivity index (χ3v) is 4.63. The van der Waals surface area contributed by atoms with Crippen molar-refractivity contribution in [3.63, 3.8) is 0 Å². The summed E-state index contributed by atoms with van der Waals surface area (Å²) >= 11 is 0. The zero-order valence-electron chi connectivity index (χ0n) is 16.9. The van der Waals surface area contributed by atoms with Crippen molar-refractivity contribution in [2.45, 2.75) is 65.7 Å². The number of benzene rings is 1. The lowest BCUT2D eigenvalue weighted by molar-refractivity contribution is 0.350. The summed E-state index contributed by atoms with van der Waals surface area (Å²) in [7, 11) is 3.48. The van der Waals surface area contributed by atoms with Gasteiger partial charge in [0.1, 0.15) is 18.1 Å². The van der Waals surface area contributed by atoms with Crippen LogP contribution in [0, 0.1) is 44.5 Å². The standard InChI is InChI=1S/C23H32O3/c1-18-19(2)23(26-5)21(20(3)22(18)25-4)16-14-12-10-8-6-7-9-11-13-15-17-24/h24H,7,9-12,14,16-17H2,1-5H3. The highest BCUT2D eigenvalue weighted by Crippen LogP contribution is 2.38. The third kappa shape index (κ3) is 6.32. The second-order valence-electron chi connectivity index (χ2n) is 6.35. The van der Waals surface area contributed by atoms with E-state index in [9.17, 15) is 0 Å². The lowest BCUT2D eigenvalue weighted by Gasteiger charge is -2.20. The first-order valence-corrected chi connectivity index (χ1v) is 9.31. The number of unbranched alkanes of at least 4 members (excludes halogenated alkanes) is 4. The van der Waals surface area contributed by atoms with E-state index in [1.165, 1.54) is 11.1 Å². The summed E-state index contributed by atoms with van der Waals surface area (Å²) in [5.41, 5.74) is 4.75. The van der Waals surface area contributed by atoms with Gasteiger partial charge in [-0.25, -0.2) is 0 Å². The Labute approximate surface area is 159 Å². The maximum absolute atomic E-state index is 8.56. The number of hydrogen-bond donors (Lipinski definition) is 1. The third-order valence-electron chi connectivity index (χ3n) is 4.63. The summed E-state index contributed by atoms with van der Waals surface area (Å²) < 4.78 is 11.3. The SMILES string of the molecule is COc1c(C)c(C)c(OC)c(CCCCC#CCCCC#CCO)c1C. The molecule has 0 aromatic heterocycles. The van der Waals surface area contributed by atoms with Crippen molar-refractivity contribution < 1.29 is 14.6 Å². The summed E-state index contributed by atoms with van der Waals surface area (Å²) in [5, 5.41) is 8.56. The van der Waals surface area contributed by atoms with Gasteiger partial charge in [0.25, 0.3) is 0 Å². The average molecular weight is 357 g/mol. The Morgan fingerprint density at radius 1 is 0.692 bits per heavy atom. The quantitative estimate of drug-likeness (QED) is 0.550. The molecule has 0 saturated carbocycles. The number of methoxy groups -OCH3 is 2. The van der Waals surface area contributed by atoms with Gasteiger partial charge in [-0.1, -0.05) is 5.92 Å². The fourth-order valence-corrected chi connectivity index (χ4v) is 3.14. The molecule has 3 heteroatoms. The van der Waals surface area contributed by atoms with Gasteiger partial charge in [0.2, 0.25) is 0 Å². The fourth-order valence-electron chi connectivity index (χ4n) is 3.14. The minimum Gasteiger partial charge on any atom is -0.496 e. The van der Waals surface area contributed by atoms with E-state index in [0.29, 0.717) is 0 Å². The van der Waals surface area contributed by atoms with Gasteiger partial charge in [0, 0.05) is 24.8 Å². The average Bonchev–Trinajstić information content (AvgIpc) is 2.64. The van der Waals surface area contributed by atoms with Gasteiger partial charge in [-0.05, 0) is 63.1 Å². The Kier molecular flexibility index (Phi) is 10.4. The van der Waals surface area contributed by atoms with Crippen LogP contribution in [0.3, 0.4) is 0 Å². The summed E-state index contributed by atoms with van der Waals surface area (Å²) in [6, 6.07) is 0. The molecule has 0 aliphatic carbocycles. The largest absolute Gasteiger partial charge is 0.496 e. The molecule has 0 bridgehead atoms. The molecule has 0 radical (unpaired) electrons. The predicted molar refractivity (Wildman–Crippen MR) is 108 cm³/mol. The molecule has 142 valence electrons. The van der Waals surface area contributed by atoms with Gasteiger partial charge in [-0.15, -0.1) is 17.8 Å². The molecule has 0 unspecified atom stereocenters. The van der Waals surface area contributed by atoms with Crippen LogP contribution in [0.2, 0.25) is 0 Å². The van der Waals surface area contributed by atoms with E-state index >= 15 is 0 Å². The fraction of sp³-hybridized carbons (Fsp3) is 0.565. The van der Waals surface area contributed by atoms with Crippen LogP contribution >= 0.6 is 0 Å². The molecule has 1 aromatic rings. The number of aliphatic hydroxyl groups is 1. The summed E-state index contributed by atoms with van der Waals surface area (Å²) in [4.78, 5) is 0. The Morgan fingerprint density at radius 3 is 1.81 bits per heavy atom. The first-order valence-electron chi connectivity index (χ1n) is 9.31. The highest BCUT2D eigenvalue weighted by molar-refractivity contribution is 5.58. The van der Waals surface area contributed by atoms with Gasteiger partial charge in [0.05, 0.1) is 14.2 Å². The molecule has 0 aliphatic rings. The molecule has 3 nitrogen and oxygen atoms in total. The van der Waals surface area contributed by atoms with E-state index in [2.05, 4.69) is 44.5 Å². The van der Waals surface area contributed by atoms with Crippen LogP contribution in [-0.4, -0.2) is 25.9 Å². The van der Waals surface area contributed by atoms with E-state index in [0.717, 1.165) is 67.6 Å².